The SMILES string of the molecule is Cc1nc(C)n(CC(F)(F)CN)n1. The van der Waals surface area contributed by atoms with Gasteiger partial charge in [0.2, 0.25) is 0 Å². The summed E-state index contributed by atoms with van der Waals surface area (Å²) in [5.41, 5.74) is 4.90. The van der Waals surface area contributed by atoms with Crippen LogP contribution in [0.2, 0.25) is 0 Å². The van der Waals surface area contributed by atoms with Crippen LogP contribution in [0.25, 0.3) is 0 Å². The molecule has 0 atom stereocenters. The molecule has 4 nitrogen and oxygen atoms in total. The molecule has 0 aliphatic rings. The van der Waals surface area contributed by atoms with E-state index in [2.05, 4.69) is 10.1 Å². The van der Waals surface area contributed by atoms with E-state index in [1.165, 1.54) is 4.68 Å². The molecule has 6 heteroatoms. The summed E-state index contributed by atoms with van der Waals surface area (Å²) in [7, 11) is 0. The molecule has 0 aromatic carbocycles. The molecule has 1 heterocycles. The number of hydrogen-bond acceptors (Lipinski definition) is 3. The largest absolute Gasteiger partial charge is 0.325 e. The smallest absolute Gasteiger partial charge is 0.279 e. The fraction of sp³-hybridized carbons (Fsp3) is 0.714. The van der Waals surface area contributed by atoms with Crippen LogP contribution in [0, 0.1) is 13.8 Å². The van der Waals surface area contributed by atoms with E-state index in [9.17, 15) is 8.78 Å². The minimum Gasteiger partial charge on any atom is -0.325 e. The second kappa shape index (κ2) is 3.37. The van der Waals surface area contributed by atoms with Crippen molar-refractivity contribution in [3.63, 3.8) is 0 Å². The number of nitrogens with two attached hydrogens (primary N) is 1. The molecule has 0 fully saturated rings. The highest BCUT2D eigenvalue weighted by Crippen LogP contribution is 2.14. The molecule has 13 heavy (non-hydrogen) atoms. The number of nitrogens with zero attached hydrogens (tertiary/aromatic N) is 3. The van der Waals surface area contributed by atoms with Gasteiger partial charge in [0.1, 0.15) is 18.2 Å². The Bertz CT molecular complexity index is 295. The van der Waals surface area contributed by atoms with E-state index >= 15 is 0 Å². The Hall–Kier alpha value is -1.04. The maximum atomic E-state index is 12.8. The summed E-state index contributed by atoms with van der Waals surface area (Å²) < 4.78 is 26.8. The zero-order chi connectivity index (χ0) is 10.1. The van der Waals surface area contributed by atoms with E-state index in [1.54, 1.807) is 13.8 Å². The number of aryl methyl sites for hydroxylation is 2. The molecule has 0 bridgehead atoms. The predicted molar refractivity (Wildman–Crippen MR) is 43.5 cm³/mol. The molecule has 1 aromatic heterocycles. The zero-order valence-electron chi connectivity index (χ0n) is 7.59. The Morgan fingerprint density at radius 1 is 1.46 bits per heavy atom. The normalized spacial score (nSPS) is 12.1. The van der Waals surface area contributed by atoms with Crippen LogP contribution in [0.1, 0.15) is 11.6 Å². The van der Waals surface area contributed by atoms with Crippen molar-refractivity contribution >= 4 is 0 Å². The quantitative estimate of drug-likeness (QED) is 0.754. The van der Waals surface area contributed by atoms with E-state index < -0.39 is 19.0 Å². The third kappa shape index (κ3) is 2.45. The highest BCUT2D eigenvalue weighted by molar-refractivity contribution is 4.88. The number of alkyl halides is 2. The maximum absolute atomic E-state index is 12.8. The van der Waals surface area contributed by atoms with E-state index in [4.69, 9.17) is 5.73 Å². The first-order chi connectivity index (χ1) is 5.94. The molecule has 0 saturated carbocycles. The predicted octanol–water partition coefficient (Wildman–Crippen LogP) is 0.489. The topological polar surface area (TPSA) is 56.7 Å². The molecule has 0 saturated heterocycles. The van der Waals surface area contributed by atoms with Crippen LogP contribution in [0.15, 0.2) is 0 Å². The summed E-state index contributed by atoms with van der Waals surface area (Å²) in [6, 6.07) is 0. The molecule has 2 N–H and O–H groups in total. The zero-order valence-corrected chi connectivity index (χ0v) is 7.59. The van der Waals surface area contributed by atoms with Gasteiger partial charge in [0.15, 0.2) is 0 Å². The highest BCUT2D eigenvalue weighted by atomic mass is 19.3. The summed E-state index contributed by atoms with van der Waals surface area (Å²) in [5.74, 6) is -1.94. The molecule has 74 valence electrons. The lowest BCUT2D eigenvalue weighted by molar-refractivity contribution is -0.0105. The molecule has 0 amide bonds. The average molecular weight is 190 g/mol. The van der Waals surface area contributed by atoms with Gasteiger partial charge in [-0.05, 0) is 13.8 Å². The van der Waals surface area contributed by atoms with Crippen LogP contribution >= 0.6 is 0 Å². The average Bonchev–Trinajstić information content (AvgIpc) is 2.30. The van der Waals surface area contributed by atoms with Gasteiger partial charge in [-0.25, -0.2) is 18.4 Å². The van der Waals surface area contributed by atoms with E-state index in [-0.39, 0.29) is 0 Å². The Labute approximate surface area is 74.8 Å². The molecule has 0 radical (unpaired) electrons. The molecule has 0 aliphatic heterocycles. The first kappa shape index (κ1) is 10.0. The number of halogens is 2. The standard InChI is InChI=1S/C7H12F2N4/c1-5-11-6(2)13(12-5)4-7(8,9)3-10/h3-4,10H2,1-2H3. The Balaban J connectivity index is 2.79. The van der Waals surface area contributed by atoms with Crippen molar-refractivity contribution in [3.8, 4) is 0 Å². The van der Waals surface area contributed by atoms with Gasteiger partial charge in [-0.3, -0.25) is 0 Å². The molecular formula is C7H12F2N4. The fourth-order valence-corrected chi connectivity index (χ4v) is 0.995. The van der Waals surface area contributed by atoms with Crippen molar-refractivity contribution in [2.24, 2.45) is 5.73 Å². The van der Waals surface area contributed by atoms with Gasteiger partial charge >= 0.3 is 0 Å². The highest BCUT2D eigenvalue weighted by Gasteiger charge is 2.28. The molecule has 1 aromatic rings. The van der Waals surface area contributed by atoms with E-state index in [0.717, 1.165) is 0 Å². The molecule has 0 unspecified atom stereocenters. The molecule has 1 rings (SSSR count). The van der Waals surface area contributed by atoms with Crippen molar-refractivity contribution in [2.75, 3.05) is 6.54 Å². The van der Waals surface area contributed by atoms with Crippen LogP contribution in [0.4, 0.5) is 8.78 Å². The van der Waals surface area contributed by atoms with E-state index in [1.807, 2.05) is 0 Å². The van der Waals surface area contributed by atoms with Crippen LogP contribution in [-0.2, 0) is 6.54 Å². The minimum absolute atomic E-state index is 0.477. The third-order valence-corrected chi connectivity index (χ3v) is 1.64. The Morgan fingerprint density at radius 3 is 2.46 bits per heavy atom. The monoisotopic (exact) mass is 190 g/mol. The second-order valence-corrected chi connectivity index (χ2v) is 2.92. The lowest BCUT2D eigenvalue weighted by atomic mass is 10.3. The van der Waals surface area contributed by atoms with Gasteiger partial charge in [0.25, 0.3) is 5.92 Å². The lowest BCUT2D eigenvalue weighted by Gasteiger charge is -2.13. The summed E-state index contributed by atoms with van der Waals surface area (Å²) in [6.07, 6.45) is 0. The van der Waals surface area contributed by atoms with Crippen molar-refractivity contribution in [1.82, 2.24) is 14.8 Å². The van der Waals surface area contributed by atoms with Crippen molar-refractivity contribution < 1.29 is 8.78 Å². The maximum Gasteiger partial charge on any atom is 0.279 e. The minimum atomic E-state index is -2.91. The fourth-order valence-electron chi connectivity index (χ4n) is 0.995. The van der Waals surface area contributed by atoms with Crippen molar-refractivity contribution in [3.05, 3.63) is 11.6 Å². The number of aromatic nitrogens is 3. The first-order valence-electron chi connectivity index (χ1n) is 3.90. The Morgan fingerprint density at radius 2 is 2.08 bits per heavy atom. The molecule has 0 spiro atoms. The van der Waals surface area contributed by atoms with Crippen LogP contribution in [-0.4, -0.2) is 27.2 Å². The molecule has 0 aliphatic carbocycles. The number of hydrogen-bond donors (Lipinski definition) is 1. The van der Waals surface area contributed by atoms with Gasteiger partial charge in [-0.2, -0.15) is 5.10 Å². The first-order valence-corrected chi connectivity index (χ1v) is 3.90. The summed E-state index contributed by atoms with van der Waals surface area (Å²) >= 11 is 0. The van der Waals surface area contributed by atoms with Crippen molar-refractivity contribution in [2.45, 2.75) is 26.3 Å². The summed E-state index contributed by atoms with van der Waals surface area (Å²) in [4.78, 5) is 3.91. The van der Waals surface area contributed by atoms with Crippen LogP contribution < -0.4 is 5.73 Å². The van der Waals surface area contributed by atoms with E-state index in [0.29, 0.717) is 11.6 Å². The third-order valence-electron chi connectivity index (χ3n) is 1.64. The van der Waals surface area contributed by atoms with Gasteiger partial charge < -0.3 is 5.73 Å². The second-order valence-electron chi connectivity index (χ2n) is 2.92. The van der Waals surface area contributed by atoms with Crippen LogP contribution in [0.5, 0.6) is 0 Å². The summed E-state index contributed by atoms with van der Waals surface area (Å²) in [5, 5.41) is 3.81. The van der Waals surface area contributed by atoms with Crippen LogP contribution in [0.3, 0.4) is 0 Å². The lowest BCUT2D eigenvalue weighted by Crippen LogP contribution is -2.33. The van der Waals surface area contributed by atoms with Gasteiger partial charge in [0.05, 0.1) is 6.54 Å². The van der Waals surface area contributed by atoms with Crippen molar-refractivity contribution in [1.29, 1.82) is 0 Å². The van der Waals surface area contributed by atoms with Gasteiger partial charge in [-0.15, -0.1) is 0 Å². The van der Waals surface area contributed by atoms with Gasteiger partial charge in [-0.1, -0.05) is 0 Å². The molecular weight excluding hydrogens is 178 g/mol. The summed E-state index contributed by atoms with van der Waals surface area (Å²) in [6.45, 7) is 2.11. The Kier molecular flexibility index (Phi) is 2.60. The number of rotatable bonds is 3. The van der Waals surface area contributed by atoms with Gasteiger partial charge in [0, 0.05) is 0 Å².